The Labute approximate surface area is 129 Å². The second-order valence-electron chi connectivity index (χ2n) is 5.96. The van der Waals surface area contributed by atoms with Gasteiger partial charge in [0.15, 0.2) is 0 Å². The molecular weight excluding hydrogens is 265 g/mol. The van der Waals surface area contributed by atoms with Gasteiger partial charge in [-0.2, -0.15) is 0 Å². The molecule has 1 aromatic rings. The highest BCUT2D eigenvalue weighted by Crippen LogP contribution is 2.18. The molecule has 0 aromatic heterocycles. The van der Waals surface area contributed by atoms with Gasteiger partial charge in [-0.05, 0) is 64.8 Å². The largest absolute Gasteiger partial charge is 0.310 e. The summed E-state index contributed by atoms with van der Waals surface area (Å²) in [6, 6.07) is 7.18. The summed E-state index contributed by atoms with van der Waals surface area (Å²) in [7, 11) is 6.32. The van der Waals surface area contributed by atoms with Gasteiger partial charge >= 0.3 is 0 Å². The van der Waals surface area contributed by atoms with Crippen LogP contribution >= 0.6 is 0 Å². The normalized spacial score (nSPS) is 13.1. The topological polar surface area (TPSA) is 18.5 Å². The summed E-state index contributed by atoms with van der Waals surface area (Å²) in [5, 5.41) is 3.53. The first kappa shape index (κ1) is 18.1. The van der Waals surface area contributed by atoms with Gasteiger partial charge in [0.05, 0.1) is 0 Å². The third-order valence-corrected chi connectivity index (χ3v) is 3.62. The number of nitrogens with zero attached hydrogens (tertiary/aromatic N) is 2. The summed E-state index contributed by atoms with van der Waals surface area (Å²) in [5.74, 6) is -0.156. The Balaban J connectivity index is 2.54. The predicted molar refractivity (Wildman–Crippen MR) is 88.1 cm³/mol. The quantitative estimate of drug-likeness (QED) is 0.716. The van der Waals surface area contributed by atoms with Crippen molar-refractivity contribution in [1.29, 1.82) is 0 Å². The molecule has 0 amide bonds. The highest BCUT2D eigenvalue weighted by Gasteiger charge is 2.12. The minimum atomic E-state index is -0.156. The van der Waals surface area contributed by atoms with E-state index < -0.39 is 0 Å². The van der Waals surface area contributed by atoms with E-state index >= 15 is 0 Å². The van der Waals surface area contributed by atoms with E-state index in [2.05, 4.69) is 43.2 Å². The number of likely N-dealkylation sites (N-methyl/N-ethyl adjacent to an activating group) is 2. The third-order valence-electron chi connectivity index (χ3n) is 3.62. The van der Waals surface area contributed by atoms with Gasteiger partial charge < -0.3 is 15.1 Å². The predicted octanol–water partition coefficient (Wildman–Crippen LogP) is 2.75. The number of nitrogens with one attached hydrogen (secondary N) is 1. The third kappa shape index (κ3) is 7.55. The second-order valence-corrected chi connectivity index (χ2v) is 5.96. The van der Waals surface area contributed by atoms with E-state index in [-0.39, 0.29) is 11.9 Å². The molecule has 0 aliphatic heterocycles. The molecule has 0 aliphatic rings. The zero-order chi connectivity index (χ0) is 15.7. The fourth-order valence-corrected chi connectivity index (χ4v) is 2.26. The average molecular weight is 295 g/mol. The zero-order valence-corrected chi connectivity index (χ0v) is 13.9. The molecule has 1 rings (SSSR count). The molecule has 0 saturated carbocycles. The maximum absolute atomic E-state index is 13.4. The van der Waals surface area contributed by atoms with Crippen LogP contribution < -0.4 is 5.32 Å². The molecule has 0 saturated heterocycles. The molecule has 3 nitrogen and oxygen atoms in total. The van der Waals surface area contributed by atoms with E-state index in [0.717, 1.165) is 44.6 Å². The van der Waals surface area contributed by atoms with Crippen molar-refractivity contribution in [2.45, 2.75) is 25.8 Å². The van der Waals surface area contributed by atoms with E-state index in [1.54, 1.807) is 12.1 Å². The molecule has 0 radical (unpaired) electrons. The molecule has 4 heteroatoms. The number of hydrogen-bond donors (Lipinski definition) is 1. The Bertz CT molecular complexity index is 395. The molecule has 120 valence electrons. The molecule has 0 spiro atoms. The van der Waals surface area contributed by atoms with Crippen molar-refractivity contribution in [3.63, 3.8) is 0 Å². The second kappa shape index (κ2) is 9.87. The Morgan fingerprint density at radius 3 is 2.52 bits per heavy atom. The van der Waals surface area contributed by atoms with E-state index in [4.69, 9.17) is 0 Å². The Hall–Kier alpha value is -0.970. The van der Waals surface area contributed by atoms with E-state index in [1.165, 1.54) is 6.07 Å². The summed E-state index contributed by atoms with van der Waals surface area (Å²) in [5.41, 5.74) is 1.05. The monoisotopic (exact) mass is 295 g/mol. The standard InChI is InChI=1S/C17H30FN3/c1-5-10-19-17(15-7-6-8-16(18)14-15)9-11-21(4)13-12-20(2)3/h6-8,14,17,19H,5,9-13H2,1-4H3. The van der Waals surface area contributed by atoms with Crippen molar-refractivity contribution in [2.24, 2.45) is 0 Å². The summed E-state index contributed by atoms with van der Waals surface area (Å²) < 4.78 is 13.4. The molecule has 1 N–H and O–H groups in total. The first-order valence-electron chi connectivity index (χ1n) is 7.85. The maximum Gasteiger partial charge on any atom is 0.123 e. The van der Waals surface area contributed by atoms with Crippen LogP contribution in [-0.2, 0) is 0 Å². The van der Waals surface area contributed by atoms with E-state index in [0.29, 0.717) is 0 Å². The number of benzene rings is 1. The van der Waals surface area contributed by atoms with Gasteiger partial charge in [0, 0.05) is 19.1 Å². The fourth-order valence-electron chi connectivity index (χ4n) is 2.26. The van der Waals surface area contributed by atoms with Crippen LogP contribution in [0.15, 0.2) is 24.3 Å². The number of hydrogen-bond acceptors (Lipinski definition) is 3. The first-order valence-corrected chi connectivity index (χ1v) is 7.85. The maximum atomic E-state index is 13.4. The highest BCUT2D eigenvalue weighted by molar-refractivity contribution is 5.20. The molecule has 0 heterocycles. The Kier molecular flexibility index (Phi) is 8.50. The smallest absolute Gasteiger partial charge is 0.123 e. The van der Waals surface area contributed by atoms with Crippen LogP contribution in [0.3, 0.4) is 0 Å². The van der Waals surface area contributed by atoms with Gasteiger partial charge in [-0.15, -0.1) is 0 Å². The molecule has 21 heavy (non-hydrogen) atoms. The van der Waals surface area contributed by atoms with Crippen molar-refractivity contribution >= 4 is 0 Å². The van der Waals surface area contributed by atoms with Gasteiger partial charge in [-0.1, -0.05) is 19.1 Å². The van der Waals surface area contributed by atoms with Gasteiger partial charge in [-0.25, -0.2) is 4.39 Å². The lowest BCUT2D eigenvalue weighted by Gasteiger charge is -2.24. The van der Waals surface area contributed by atoms with Crippen LogP contribution in [0.5, 0.6) is 0 Å². The lowest BCUT2D eigenvalue weighted by molar-refractivity contribution is 0.268. The number of rotatable bonds is 10. The fraction of sp³-hybridized carbons (Fsp3) is 0.647. The minimum absolute atomic E-state index is 0.156. The summed E-state index contributed by atoms with van der Waals surface area (Å²) in [6.07, 6.45) is 2.08. The summed E-state index contributed by atoms with van der Waals surface area (Å²) in [6.45, 7) is 6.23. The number of halogens is 1. The SMILES string of the molecule is CCCNC(CCN(C)CCN(C)C)c1cccc(F)c1. The molecular formula is C17H30FN3. The highest BCUT2D eigenvalue weighted by atomic mass is 19.1. The van der Waals surface area contributed by atoms with Gasteiger partial charge in [0.25, 0.3) is 0 Å². The van der Waals surface area contributed by atoms with Crippen molar-refractivity contribution in [3.05, 3.63) is 35.6 Å². The molecule has 0 aliphatic carbocycles. The molecule has 0 bridgehead atoms. The van der Waals surface area contributed by atoms with Crippen LogP contribution in [-0.4, -0.2) is 57.1 Å². The van der Waals surface area contributed by atoms with Crippen molar-refractivity contribution in [3.8, 4) is 0 Å². The van der Waals surface area contributed by atoms with E-state index in [9.17, 15) is 4.39 Å². The lowest BCUT2D eigenvalue weighted by Crippen LogP contribution is -2.32. The summed E-state index contributed by atoms with van der Waals surface area (Å²) >= 11 is 0. The lowest BCUT2D eigenvalue weighted by atomic mass is 10.0. The Morgan fingerprint density at radius 1 is 1.14 bits per heavy atom. The van der Waals surface area contributed by atoms with Crippen LogP contribution in [0.4, 0.5) is 4.39 Å². The molecule has 0 fully saturated rings. The van der Waals surface area contributed by atoms with Crippen LogP contribution in [0.2, 0.25) is 0 Å². The van der Waals surface area contributed by atoms with E-state index in [1.807, 2.05) is 6.07 Å². The first-order chi connectivity index (χ1) is 10.0. The van der Waals surface area contributed by atoms with Gasteiger partial charge in [0.2, 0.25) is 0 Å². The molecule has 1 atom stereocenters. The van der Waals surface area contributed by atoms with Crippen molar-refractivity contribution < 1.29 is 4.39 Å². The average Bonchev–Trinajstić information content (AvgIpc) is 2.45. The zero-order valence-electron chi connectivity index (χ0n) is 13.9. The minimum Gasteiger partial charge on any atom is -0.310 e. The molecule has 1 aromatic carbocycles. The van der Waals surface area contributed by atoms with Crippen LogP contribution in [0.1, 0.15) is 31.4 Å². The molecule has 1 unspecified atom stereocenters. The van der Waals surface area contributed by atoms with Crippen LogP contribution in [0.25, 0.3) is 0 Å². The van der Waals surface area contributed by atoms with Gasteiger partial charge in [-0.3, -0.25) is 0 Å². The summed E-state index contributed by atoms with van der Waals surface area (Å²) in [4.78, 5) is 4.52. The van der Waals surface area contributed by atoms with Crippen molar-refractivity contribution in [2.75, 3.05) is 47.3 Å². The Morgan fingerprint density at radius 2 is 1.90 bits per heavy atom. The van der Waals surface area contributed by atoms with Crippen molar-refractivity contribution in [1.82, 2.24) is 15.1 Å². The van der Waals surface area contributed by atoms with Crippen LogP contribution in [0, 0.1) is 5.82 Å². The van der Waals surface area contributed by atoms with Gasteiger partial charge in [0.1, 0.15) is 5.82 Å².